The molecule has 0 spiro atoms. The number of aliphatic carboxylic acids is 1. The summed E-state index contributed by atoms with van der Waals surface area (Å²) < 4.78 is 6.10. The normalized spacial score (nSPS) is 37.3. The molecule has 0 aliphatic heterocycles. The van der Waals surface area contributed by atoms with Crippen molar-refractivity contribution in [3.63, 3.8) is 0 Å². The van der Waals surface area contributed by atoms with Crippen molar-refractivity contribution in [3.05, 3.63) is 23.8 Å². The molecule has 132 valence electrons. The lowest BCUT2D eigenvalue weighted by Gasteiger charge is -2.60. The maximum atomic E-state index is 12.6. The Morgan fingerprint density at radius 3 is 2.17 bits per heavy atom. The first-order valence-electron chi connectivity index (χ1n) is 9.16. The Bertz CT molecular complexity index is 558. The Hall–Kier alpha value is -1.58. The number of carboxylic acids is 1. The fourth-order valence-electron chi connectivity index (χ4n) is 5.49. The number of rotatable bonds is 6. The monoisotopic (exact) mass is 332 g/mol. The van der Waals surface area contributed by atoms with Crippen molar-refractivity contribution in [2.45, 2.75) is 64.4 Å². The van der Waals surface area contributed by atoms with Crippen molar-refractivity contribution in [2.75, 3.05) is 0 Å². The van der Waals surface area contributed by atoms with E-state index >= 15 is 0 Å². The van der Waals surface area contributed by atoms with Gasteiger partial charge in [0.25, 0.3) is 0 Å². The van der Waals surface area contributed by atoms with Gasteiger partial charge in [0.15, 0.2) is 0 Å². The summed E-state index contributed by atoms with van der Waals surface area (Å²) >= 11 is 0. The number of carbonyl (C=O) groups excluding carboxylic acids is 1. The Morgan fingerprint density at radius 1 is 1.17 bits per heavy atom. The van der Waals surface area contributed by atoms with Crippen molar-refractivity contribution in [2.24, 2.45) is 23.7 Å². The predicted octanol–water partition coefficient (Wildman–Crippen LogP) is 4.11. The molecule has 0 saturated heterocycles. The zero-order chi connectivity index (χ0) is 17.5. The Morgan fingerprint density at radius 2 is 1.71 bits per heavy atom. The van der Waals surface area contributed by atoms with E-state index in [9.17, 15) is 9.59 Å². The molecular weight excluding hydrogens is 304 g/mol. The van der Waals surface area contributed by atoms with Crippen molar-refractivity contribution in [3.8, 4) is 0 Å². The molecular formula is C20H28O4. The summed E-state index contributed by atoms with van der Waals surface area (Å²) in [5, 5.41) is 8.90. The lowest BCUT2D eigenvalue weighted by molar-refractivity contribution is -0.207. The minimum Gasteiger partial charge on any atom is -0.478 e. The quantitative estimate of drug-likeness (QED) is 0.587. The number of hydrogen-bond donors (Lipinski definition) is 1. The highest BCUT2D eigenvalue weighted by atomic mass is 16.6. The highest BCUT2D eigenvalue weighted by Crippen LogP contribution is 2.60. The van der Waals surface area contributed by atoms with E-state index in [-0.39, 0.29) is 23.6 Å². The number of esters is 1. The van der Waals surface area contributed by atoms with Crippen molar-refractivity contribution in [1.82, 2.24) is 0 Å². The van der Waals surface area contributed by atoms with Gasteiger partial charge in [-0.1, -0.05) is 19.6 Å². The third-order valence-corrected chi connectivity index (χ3v) is 6.64. The van der Waals surface area contributed by atoms with Gasteiger partial charge >= 0.3 is 11.9 Å². The molecule has 4 rings (SSSR count). The van der Waals surface area contributed by atoms with E-state index < -0.39 is 5.97 Å². The summed E-state index contributed by atoms with van der Waals surface area (Å²) in [6.45, 7) is 7.47. The van der Waals surface area contributed by atoms with Crippen LogP contribution in [0.2, 0.25) is 0 Å². The molecule has 4 bridgehead atoms. The minimum atomic E-state index is -0.970. The van der Waals surface area contributed by atoms with Crippen LogP contribution in [0.25, 0.3) is 0 Å². The third-order valence-electron chi connectivity index (χ3n) is 6.64. The molecule has 4 heteroatoms. The fourth-order valence-corrected chi connectivity index (χ4v) is 5.49. The van der Waals surface area contributed by atoms with Gasteiger partial charge < -0.3 is 9.84 Å². The van der Waals surface area contributed by atoms with Crippen LogP contribution in [0.4, 0.5) is 0 Å². The molecule has 4 aliphatic carbocycles. The Kier molecular flexibility index (Phi) is 4.58. The zero-order valence-electron chi connectivity index (χ0n) is 14.7. The molecule has 4 nitrogen and oxygen atoms in total. The van der Waals surface area contributed by atoms with Crippen LogP contribution in [0.15, 0.2) is 23.8 Å². The van der Waals surface area contributed by atoms with Crippen LogP contribution in [0.1, 0.15) is 58.8 Å². The van der Waals surface area contributed by atoms with Gasteiger partial charge in [-0.05, 0) is 75.5 Å². The second-order valence-electron chi connectivity index (χ2n) is 8.00. The van der Waals surface area contributed by atoms with Gasteiger partial charge in [-0.15, -0.1) is 0 Å². The van der Waals surface area contributed by atoms with E-state index in [1.54, 1.807) is 0 Å². The lowest BCUT2D eigenvalue weighted by Crippen LogP contribution is -2.59. The summed E-state index contributed by atoms with van der Waals surface area (Å²) in [5.41, 5.74) is 0.250. The van der Waals surface area contributed by atoms with Crippen molar-refractivity contribution in [1.29, 1.82) is 0 Å². The second-order valence-corrected chi connectivity index (χ2v) is 8.00. The first-order valence-corrected chi connectivity index (χ1v) is 9.16. The molecule has 24 heavy (non-hydrogen) atoms. The largest absolute Gasteiger partial charge is 0.478 e. The average Bonchev–Trinajstić information content (AvgIpc) is 2.54. The van der Waals surface area contributed by atoms with E-state index in [0.29, 0.717) is 17.4 Å². The summed E-state index contributed by atoms with van der Waals surface area (Å²) in [4.78, 5) is 23.4. The van der Waals surface area contributed by atoms with E-state index in [0.717, 1.165) is 18.3 Å². The smallest absolute Gasteiger partial charge is 0.334 e. The Labute approximate surface area is 144 Å². The summed E-state index contributed by atoms with van der Waals surface area (Å²) in [5.74, 6) is 1.32. The minimum absolute atomic E-state index is 0.226. The van der Waals surface area contributed by atoms with Crippen LogP contribution in [0.5, 0.6) is 0 Å². The van der Waals surface area contributed by atoms with Crippen LogP contribution >= 0.6 is 0 Å². The molecule has 4 saturated carbocycles. The summed E-state index contributed by atoms with van der Waals surface area (Å²) in [6.07, 6.45) is 8.77. The van der Waals surface area contributed by atoms with Crippen LogP contribution in [-0.4, -0.2) is 22.6 Å². The molecule has 0 radical (unpaired) electrons. The van der Waals surface area contributed by atoms with Crippen LogP contribution < -0.4 is 0 Å². The summed E-state index contributed by atoms with van der Waals surface area (Å²) in [6, 6.07) is 0. The third kappa shape index (κ3) is 2.91. The number of carbonyl (C=O) groups is 2. The van der Waals surface area contributed by atoms with Gasteiger partial charge in [-0.3, -0.25) is 0 Å². The SMILES string of the molecule is C=C(CC=C(C)C(=O)O)C(=O)OC1(CC)C2CC3CC(C2)CC1C3. The van der Waals surface area contributed by atoms with Gasteiger partial charge in [0, 0.05) is 11.1 Å². The number of hydrogen-bond acceptors (Lipinski definition) is 3. The average molecular weight is 332 g/mol. The molecule has 4 aliphatic rings. The number of allylic oxidation sites excluding steroid dienone is 1. The zero-order valence-corrected chi connectivity index (χ0v) is 14.7. The van der Waals surface area contributed by atoms with E-state index in [1.165, 1.54) is 45.1 Å². The predicted molar refractivity (Wildman–Crippen MR) is 91.3 cm³/mol. The maximum Gasteiger partial charge on any atom is 0.334 e. The van der Waals surface area contributed by atoms with Crippen LogP contribution in [-0.2, 0) is 14.3 Å². The first kappa shape index (κ1) is 17.2. The molecule has 0 aromatic heterocycles. The molecule has 0 unspecified atom stereocenters. The molecule has 0 atom stereocenters. The van der Waals surface area contributed by atoms with Gasteiger partial charge in [0.1, 0.15) is 5.60 Å². The van der Waals surface area contributed by atoms with Gasteiger partial charge in [0.2, 0.25) is 0 Å². The highest BCUT2D eigenvalue weighted by Gasteiger charge is 2.58. The second kappa shape index (κ2) is 6.38. The summed E-state index contributed by atoms with van der Waals surface area (Å²) in [7, 11) is 0. The van der Waals surface area contributed by atoms with Crippen LogP contribution in [0, 0.1) is 23.7 Å². The molecule has 0 heterocycles. The highest BCUT2D eigenvalue weighted by molar-refractivity contribution is 5.89. The first-order chi connectivity index (χ1) is 11.4. The van der Waals surface area contributed by atoms with Gasteiger partial charge in [-0.25, -0.2) is 9.59 Å². The number of ether oxygens (including phenoxy) is 1. The van der Waals surface area contributed by atoms with Crippen LogP contribution in [0.3, 0.4) is 0 Å². The lowest BCUT2D eigenvalue weighted by atomic mass is 9.49. The molecule has 0 aromatic rings. The van der Waals surface area contributed by atoms with E-state index in [1.807, 2.05) is 0 Å². The van der Waals surface area contributed by atoms with Gasteiger partial charge in [-0.2, -0.15) is 0 Å². The molecule has 4 fully saturated rings. The number of carboxylic acid groups (broad SMARTS) is 1. The molecule has 0 aromatic carbocycles. The van der Waals surface area contributed by atoms with Crippen molar-refractivity contribution < 1.29 is 19.4 Å². The molecule has 0 amide bonds. The van der Waals surface area contributed by atoms with Gasteiger partial charge in [0.05, 0.1) is 0 Å². The standard InChI is InChI=1S/C20H28O4/c1-4-20(16-8-14-7-15(10-16)11-17(20)9-14)24-19(23)13(3)6-5-12(2)18(21)22/h5,14-17H,3-4,6-11H2,1-2H3,(H,21,22). The van der Waals surface area contributed by atoms with E-state index in [4.69, 9.17) is 9.84 Å². The Balaban J connectivity index is 1.69. The van der Waals surface area contributed by atoms with E-state index in [2.05, 4.69) is 13.5 Å². The molecule has 1 N–H and O–H groups in total. The maximum absolute atomic E-state index is 12.6. The fraction of sp³-hybridized carbons (Fsp3) is 0.700. The topological polar surface area (TPSA) is 63.6 Å². The van der Waals surface area contributed by atoms with Crippen molar-refractivity contribution >= 4 is 11.9 Å².